The number of nitrogens with one attached hydrogen (secondary N) is 1. The predicted octanol–water partition coefficient (Wildman–Crippen LogP) is 4.29. The van der Waals surface area contributed by atoms with E-state index in [2.05, 4.69) is 16.3 Å². The van der Waals surface area contributed by atoms with Crippen LogP contribution in [0.25, 0.3) is 0 Å². The number of hydrogen-bond acceptors (Lipinski definition) is 2. The highest BCUT2D eigenvalue weighted by Gasteiger charge is 2.25. The highest BCUT2D eigenvalue weighted by molar-refractivity contribution is 5.93. The molecule has 3 nitrogen and oxygen atoms in total. The van der Waals surface area contributed by atoms with Crippen molar-refractivity contribution in [2.24, 2.45) is 5.92 Å². The first kappa shape index (κ1) is 17.6. The van der Waals surface area contributed by atoms with E-state index in [4.69, 9.17) is 0 Å². The SMILES string of the molecule is Cc1ccc(NC(=O)C2CCN(Cc3ccccc3F)CC2)c(C)c1. The number of aryl methyl sites for hydroxylation is 2. The van der Waals surface area contributed by atoms with Crippen molar-refractivity contribution in [2.45, 2.75) is 33.2 Å². The van der Waals surface area contributed by atoms with Crippen LogP contribution in [0.3, 0.4) is 0 Å². The molecule has 0 saturated carbocycles. The molecule has 25 heavy (non-hydrogen) atoms. The van der Waals surface area contributed by atoms with Gasteiger partial charge in [0.2, 0.25) is 5.91 Å². The van der Waals surface area contributed by atoms with E-state index in [1.54, 1.807) is 6.07 Å². The molecule has 0 aliphatic carbocycles. The number of benzene rings is 2. The molecule has 132 valence electrons. The number of carbonyl (C=O) groups is 1. The van der Waals surface area contributed by atoms with E-state index in [0.717, 1.165) is 42.7 Å². The molecule has 3 rings (SSSR count). The van der Waals surface area contributed by atoms with Gasteiger partial charge < -0.3 is 5.32 Å². The van der Waals surface area contributed by atoms with Gasteiger partial charge in [-0.2, -0.15) is 0 Å². The molecule has 1 aliphatic heterocycles. The first-order chi connectivity index (χ1) is 12.0. The first-order valence-corrected chi connectivity index (χ1v) is 8.87. The molecule has 0 atom stereocenters. The largest absolute Gasteiger partial charge is 0.326 e. The number of rotatable bonds is 4. The minimum absolute atomic E-state index is 0.0255. The summed E-state index contributed by atoms with van der Waals surface area (Å²) in [7, 11) is 0. The van der Waals surface area contributed by atoms with E-state index in [1.807, 2.05) is 38.1 Å². The molecule has 1 N–H and O–H groups in total. The summed E-state index contributed by atoms with van der Waals surface area (Å²) in [5.41, 5.74) is 3.90. The van der Waals surface area contributed by atoms with E-state index in [1.165, 1.54) is 11.6 Å². The maximum absolute atomic E-state index is 13.8. The van der Waals surface area contributed by atoms with Crippen LogP contribution in [-0.4, -0.2) is 23.9 Å². The fourth-order valence-corrected chi connectivity index (χ4v) is 3.41. The summed E-state index contributed by atoms with van der Waals surface area (Å²) in [5.74, 6) is -0.0349. The summed E-state index contributed by atoms with van der Waals surface area (Å²) in [6.45, 7) is 6.31. The minimum atomic E-state index is -0.155. The molecular weight excluding hydrogens is 315 g/mol. The Balaban J connectivity index is 1.53. The molecule has 1 saturated heterocycles. The Kier molecular flexibility index (Phi) is 5.49. The molecule has 1 heterocycles. The van der Waals surface area contributed by atoms with Gasteiger partial charge in [-0.05, 0) is 57.5 Å². The zero-order chi connectivity index (χ0) is 17.8. The molecule has 2 aromatic rings. The van der Waals surface area contributed by atoms with Crippen molar-refractivity contribution in [3.63, 3.8) is 0 Å². The average Bonchev–Trinajstić information content (AvgIpc) is 2.60. The van der Waals surface area contributed by atoms with Crippen LogP contribution in [0.5, 0.6) is 0 Å². The first-order valence-electron chi connectivity index (χ1n) is 8.87. The van der Waals surface area contributed by atoms with E-state index < -0.39 is 0 Å². The Morgan fingerprint density at radius 3 is 2.56 bits per heavy atom. The number of carbonyl (C=O) groups excluding carboxylic acids is 1. The van der Waals surface area contributed by atoms with Crippen molar-refractivity contribution < 1.29 is 9.18 Å². The number of nitrogens with zero attached hydrogens (tertiary/aromatic N) is 1. The van der Waals surface area contributed by atoms with Crippen LogP contribution in [0, 0.1) is 25.6 Å². The average molecular weight is 340 g/mol. The zero-order valence-electron chi connectivity index (χ0n) is 14.9. The molecule has 4 heteroatoms. The van der Waals surface area contributed by atoms with E-state index in [0.29, 0.717) is 6.54 Å². The monoisotopic (exact) mass is 340 g/mol. The summed E-state index contributed by atoms with van der Waals surface area (Å²) >= 11 is 0. The van der Waals surface area contributed by atoms with Crippen LogP contribution >= 0.6 is 0 Å². The van der Waals surface area contributed by atoms with Crippen LogP contribution in [0.4, 0.5) is 10.1 Å². The van der Waals surface area contributed by atoms with Crippen LogP contribution in [0.2, 0.25) is 0 Å². The fraction of sp³-hybridized carbons (Fsp3) is 0.381. The van der Waals surface area contributed by atoms with Gasteiger partial charge in [0.15, 0.2) is 0 Å². The third-order valence-electron chi connectivity index (χ3n) is 4.95. The lowest BCUT2D eigenvalue weighted by molar-refractivity contribution is -0.121. The maximum atomic E-state index is 13.8. The van der Waals surface area contributed by atoms with E-state index in [-0.39, 0.29) is 17.6 Å². The number of hydrogen-bond donors (Lipinski definition) is 1. The van der Waals surface area contributed by atoms with Gasteiger partial charge in [0.25, 0.3) is 0 Å². The number of piperidine rings is 1. The topological polar surface area (TPSA) is 32.3 Å². The van der Waals surface area contributed by atoms with Gasteiger partial charge in [0.05, 0.1) is 0 Å². The Morgan fingerprint density at radius 2 is 1.88 bits per heavy atom. The normalized spacial score (nSPS) is 16.0. The van der Waals surface area contributed by atoms with Crippen molar-refractivity contribution in [1.29, 1.82) is 0 Å². The predicted molar refractivity (Wildman–Crippen MR) is 98.9 cm³/mol. The number of likely N-dealkylation sites (tertiary alicyclic amines) is 1. The Hall–Kier alpha value is -2.20. The van der Waals surface area contributed by atoms with Gasteiger partial charge in [0.1, 0.15) is 5.82 Å². The highest BCUT2D eigenvalue weighted by Crippen LogP contribution is 2.23. The van der Waals surface area contributed by atoms with E-state index >= 15 is 0 Å². The lowest BCUT2D eigenvalue weighted by Gasteiger charge is -2.31. The molecule has 0 bridgehead atoms. The number of anilines is 1. The summed E-state index contributed by atoms with van der Waals surface area (Å²) in [6, 6.07) is 13.0. The molecule has 0 radical (unpaired) electrons. The second-order valence-electron chi connectivity index (χ2n) is 6.95. The second-order valence-corrected chi connectivity index (χ2v) is 6.95. The van der Waals surface area contributed by atoms with Crippen molar-refractivity contribution in [3.8, 4) is 0 Å². The molecular formula is C21H25FN2O. The lowest BCUT2D eigenvalue weighted by atomic mass is 9.95. The van der Waals surface area contributed by atoms with Crippen LogP contribution in [0.1, 0.15) is 29.5 Å². The summed E-state index contributed by atoms with van der Waals surface area (Å²) in [5, 5.41) is 3.06. The van der Waals surface area contributed by atoms with Crippen LogP contribution in [-0.2, 0) is 11.3 Å². The second kappa shape index (κ2) is 7.79. The van der Waals surface area contributed by atoms with Gasteiger partial charge >= 0.3 is 0 Å². The van der Waals surface area contributed by atoms with Gasteiger partial charge in [-0.15, -0.1) is 0 Å². The summed E-state index contributed by atoms with van der Waals surface area (Å²) in [4.78, 5) is 14.8. The summed E-state index contributed by atoms with van der Waals surface area (Å²) < 4.78 is 13.8. The van der Waals surface area contributed by atoms with Crippen molar-refractivity contribution in [1.82, 2.24) is 4.90 Å². The van der Waals surface area contributed by atoms with Crippen LogP contribution < -0.4 is 5.32 Å². The Morgan fingerprint density at radius 1 is 1.16 bits per heavy atom. The Bertz CT molecular complexity index is 751. The molecule has 0 aromatic heterocycles. The third-order valence-corrected chi connectivity index (χ3v) is 4.95. The smallest absolute Gasteiger partial charge is 0.227 e. The van der Waals surface area contributed by atoms with Gasteiger partial charge in [-0.1, -0.05) is 35.9 Å². The third kappa shape index (κ3) is 4.45. The Labute approximate surface area is 148 Å². The van der Waals surface area contributed by atoms with Crippen molar-refractivity contribution in [3.05, 3.63) is 65.0 Å². The quantitative estimate of drug-likeness (QED) is 0.900. The maximum Gasteiger partial charge on any atom is 0.227 e. The fourth-order valence-electron chi connectivity index (χ4n) is 3.41. The number of halogens is 1. The van der Waals surface area contributed by atoms with E-state index in [9.17, 15) is 9.18 Å². The van der Waals surface area contributed by atoms with Crippen LogP contribution in [0.15, 0.2) is 42.5 Å². The zero-order valence-corrected chi connectivity index (χ0v) is 14.9. The lowest BCUT2D eigenvalue weighted by Crippen LogP contribution is -2.38. The highest BCUT2D eigenvalue weighted by atomic mass is 19.1. The van der Waals surface area contributed by atoms with Gasteiger partial charge in [0, 0.05) is 23.7 Å². The molecule has 1 amide bonds. The standard InChI is InChI=1S/C21H25FN2O/c1-15-7-8-20(16(2)13-15)23-21(25)17-9-11-24(12-10-17)14-18-5-3-4-6-19(18)22/h3-8,13,17H,9-12,14H2,1-2H3,(H,23,25). The molecule has 1 aliphatic rings. The van der Waals surface area contributed by atoms with Gasteiger partial charge in [-0.25, -0.2) is 4.39 Å². The van der Waals surface area contributed by atoms with Gasteiger partial charge in [-0.3, -0.25) is 9.69 Å². The molecule has 0 unspecified atom stereocenters. The van der Waals surface area contributed by atoms with Crippen molar-refractivity contribution >= 4 is 11.6 Å². The molecule has 0 spiro atoms. The summed E-state index contributed by atoms with van der Waals surface area (Å²) in [6.07, 6.45) is 1.62. The molecule has 1 fully saturated rings. The minimum Gasteiger partial charge on any atom is -0.326 e. The molecule has 2 aromatic carbocycles. The number of amides is 1. The van der Waals surface area contributed by atoms with Crippen molar-refractivity contribution in [2.75, 3.05) is 18.4 Å².